The number of hydrogen-bond acceptors (Lipinski definition) is 1. The first kappa shape index (κ1) is 12.3. The number of halogens is 2. The topological polar surface area (TPSA) is 17.8 Å². The molecule has 1 heterocycles. The van der Waals surface area contributed by atoms with Crippen molar-refractivity contribution in [3.05, 3.63) is 46.2 Å². The number of aryl methyl sites for hydroxylation is 2. The molecule has 0 unspecified atom stereocenters. The molecule has 17 heavy (non-hydrogen) atoms. The lowest BCUT2D eigenvalue weighted by Crippen LogP contribution is -1.99. The number of hydrogen-bond donors (Lipinski definition) is 0. The zero-order valence-electron chi connectivity index (χ0n) is 9.87. The molecular weight excluding hydrogens is 283 g/mol. The van der Waals surface area contributed by atoms with Gasteiger partial charge in [-0.05, 0) is 40.5 Å². The third-order valence-corrected chi connectivity index (χ3v) is 3.33. The van der Waals surface area contributed by atoms with Gasteiger partial charge < -0.3 is 4.57 Å². The lowest BCUT2D eigenvalue weighted by molar-refractivity contribution is 0.619. The third kappa shape index (κ3) is 2.41. The summed E-state index contributed by atoms with van der Waals surface area (Å²) >= 11 is 3.16. The summed E-state index contributed by atoms with van der Waals surface area (Å²) in [6.07, 6.45) is 3.69. The van der Waals surface area contributed by atoms with Crippen LogP contribution in [0.4, 0.5) is 4.39 Å². The summed E-state index contributed by atoms with van der Waals surface area (Å²) in [5, 5.41) is 0. The number of aromatic nitrogens is 2. The molecule has 0 N–H and O–H groups in total. The minimum atomic E-state index is -0.253. The standard InChI is InChI=1S/C13H14BrFN2/c1-3-9-8-17(13(4-2)16-9)10-5-6-11(14)12(15)7-10/h5-8H,3-4H2,1-2H3. The Morgan fingerprint density at radius 3 is 2.65 bits per heavy atom. The first-order valence-corrected chi connectivity index (χ1v) is 6.47. The van der Waals surface area contributed by atoms with Crippen molar-refractivity contribution in [1.82, 2.24) is 9.55 Å². The van der Waals surface area contributed by atoms with Gasteiger partial charge in [-0.15, -0.1) is 0 Å². The molecule has 0 aliphatic rings. The molecule has 0 saturated carbocycles. The first-order valence-electron chi connectivity index (χ1n) is 5.68. The van der Waals surface area contributed by atoms with Gasteiger partial charge in [0.2, 0.25) is 0 Å². The van der Waals surface area contributed by atoms with Crippen LogP contribution in [0.15, 0.2) is 28.9 Å². The molecule has 0 bridgehead atoms. The molecule has 0 amide bonds. The SMILES string of the molecule is CCc1cn(-c2ccc(Br)c(F)c2)c(CC)n1. The molecule has 0 fully saturated rings. The molecule has 2 rings (SSSR count). The maximum Gasteiger partial charge on any atom is 0.139 e. The molecule has 90 valence electrons. The minimum absolute atomic E-state index is 0.253. The molecular formula is C13H14BrFN2. The highest BCUT2D eigenvalue weighted by molar-refractivity contribution is 9.10. The van der Waals surface area contributed by atoms with Crippen LogP contribution in [0, 0.1) is 5.82 Å². The van der Waals surface area contributed by atoms with Gasteiger partial charge in [-0.25, -0.2) is 9.37 Å². The van der Waals surface area contributed by atoms with Gasteiger partial charge in [0, 0.05) is 18.3 Å². The van der Waals surface area contributed by atoms with Crippen LogP contribution in [0.2, 0.25) is 0 Å². The van der Waals surface area contributed by atoms with Crippen LogP contribution in [-0.2, 0) is 12.8 Å². The number of benzene rings is 1. The maximum absolute atomic E-state index is 13.5. The third-order valence-electron chi connectivity index (χ3n) is 2.69. The molecule has 0 radical (unpaired) electrons. The van der Waals surface area contributed by atoms with Crippen molar-refractivity contribution in [2.24, 2.45) is 0 Å². The van der Waals surface area contributed by atoms with E-state index >= 15 is 0 Å². The largest absolute Gasteiger partial charge is 0.303 e. The lowest BCUT2D eigenvalue weighted by Gasteiger charge is -2.06. The van der Waals surface area contributed by atoms with Crippen LogP contribution in [0.5, 0.6) is 0 Å². The summed E-state index contributed by atoms with van der Waals surface area (Å²) in [4.78, 5) is 4.50. The van der Waals surface area contributed by atoms with Crippen molar-refractivity contribution in [3.63, 3.8) is 0 Å². The average Bonchev–Trinajstić information content (AvgIpc) is 2.76. The fourth-order valence-electron chi connectivity index (χ4n) is 1.75. The zero-order chi connectivity index (χ0) is 12.4. The highest BCUT2D eigenvalue weighted by atomic mass is 79.9. The van der Waals surface area contributed by atoms with Gasteiger partial charge >= 0.3 is 0 Å². The second-order valence-electron chi connectivity index (χ2n) is 3.82. The Balaban J connectivity index is 2.51. The van der Waals surface area contributed by atoms with Crippen molar-refractivity contribution < 1.29 is 4.39 Å². The van der Waals surface area contributed by atoms with Crippen LogP contribution >= 0.6 is 15.9 Å². The summed E-state index contributed by atoms with van der Waals surface area (Å²) in [7, 11) is 0. The van der Waals surface area contributed by atoms with Crippen LogP contribution in [0.25, 0.3) is 5.69 Å². The van der Waals surface area contributed by atoms with E-state index in [4.69, 9.17) is 0 Å². The first-order chi connectivity index (χ1) is 8.15. The molecule has 1 aromatic heterocycles. The number of rotatable bonds is 3. The molecule has 0 atom stereocenters. The summed E-state index contributed by atoms with van der Waals surface area (Å²) in [6.45, 7) is 4.11. The molecule has 0 spiro atoms. The zero-order valence-corrected chi connectivity index (χ0v) is 11.5. The van der Waals surface area contributed by atoms with Crippen molar-refractivity contribution in [3.8, 4) is 5.69 Å². The van der Waals surface area contributed by atoms with E-state index in [9.17, 15) is 4.39 Å². The van der Waals surface area contributed by atoms with E-state index < -0.39 is 0 Å². The molecule has 1 aromatic carbocycles. The lowest BCUT2D eigenvalue weighted by atomic mass is 10.3. The van der Waals surface area contributed by atoms with Crippen LogP contribution < -0.4 is 0 Å². The van der Waals surface area contributed by atoms with Crippen molar-refractivity contribution in [1.29, 1.82) is 0 Å². The van der Waals surface area contributed by atoms with Crippen molar-refractivity contribution >= 4 is 15.9 Å². The fourth-order valence-corrected chi connectivity index (χ4v) is 2.00. The second kappa shape index (κ2) is 5.00. The number of nitrogens with zero attached hydrogens (tertiary/aromatic N) is 2. The van der Waals surface area contributed by atoms with Gasteiger partial charge in [-0.2, -0.15) is 0 Å². The Morgan fingerprint density at radius 1 is 1.29 bits per heavy atom. The van der Waals surface area contributed by atoms with E-state index in [-0.39, 0.29) is 5.82 Å². The predicted molar refractivity (Wildman–Crippen MR) is 70.0 cm³/mol. The van der Waals surface area contributed by atoms with E-state index in [1.165, 1.54) is 6.07 Å². The highest BCUT2D eigenvalue weighted by Gasteiger charge is 2.08. The Morgan fingerprint density at radius 2 is 2.06 bits per heavy atom. The summed E-state index contributed by atoms with van der Waals surface area (Å²) in [6, 6.07) is 5.12. The quantitative estimate of drug-likeness (QED) is 0.840. The molecule has 4 heteroatoms. The van der Waals surface area contributed by atoms with Gasteiger partial charge in [0.1, 0.15) is 11.6 Å². The fraction of sp³-hybridized carbons (Fsp3) is 0.308. The molecule has 2 aromatic rings. The Bertz CT molecular complexity index is 534. The Kier molecular flexibility index (Phi) is 3.62. The molecule has 0 saturated heterocycles. The average molecular weight is 297 g/mol. The van der Waals surface area contributed by atoms with Crippen LogP contribution in [-0.4, -0.2) is 9.55 Å². The van der Waals surface area contributed by atoms with E-state index in [1.54, 1.807) is 6.07 Å². The van der Waals surface area contributed by atoms with Gasteiger partial charge in [0.05, 0.1) is 10.2 Å². The van der Waals surface area contributed by atoms with Gasteiger partial charge in [-0.1, -0.05) is 13.8 Å². The van der Waals surface area contributed by atoms with Crippen molar-refractivity contribution in [2.75, 3.05) is 0 Å². The molecule has 0 aliphatic heterocycles. The van der Waals surface area contributed by atoms with Gasteiger partial charge in [0.15, 0.2) is 0 Å². The Labute approximate surface area is 109 Å². The van der Waals surface area contributed by atoms with Crippen LogP contribution in [0.3, 0.4) is 0 Å². The maximum atomic E-state index is 13.5. The van der Waals surface area contributed by atoms with E-state index in [2.05, 4.69) is 27.8 Å². The van der Waals surface area contributed by atoms with E-state index in [0.717, 1.165) is 30.0 Å². The van der Waals surface area contributed by atoms with E-state index in [0.29, 0.717) is 4.47 Å². The monoisotopic (exact) mass is 296 g/mol. The van der Waals surface area contributed by atoms with Crippen molar-refractivity contribution in [2.45, 2.75) is 26.7 Å². The summed E-state index contributed by atoms with van der Waals surface area (Å²) in [5.74, 6) is 0.708. The molecule has 0 aliphatic carbocycles. The Hall–Kier alpha value is -1.16. The van der Waals surface area contributed by atoms with Gasteiger partial charge in [0.25, 0.3) is 0 Å². The predicted octanol–water partition coefficient (Wildman–Crippen LogP) is 3.90. The highest BCUT2D eigenvalue weighted by Crippen LogP contribution is 2.20. The number of imidazole rings is 1. The summed E-state index contributed by atoms with van der Waals surface area (Å²) < 4.78 is 15.9. The second-order valence-corrected chi connectivity index (χ2v) is 4.68. The van der Waals surface area contributed by atoms with Crippen LogP contribution in [0.1, 0.15) is 25.4 Å². The molecule has 2 nitrogen and oxygen atoms in total. The van der Waals surface area contributed by atoms with E-state index in [1.807, 2.05) is 23.8 Å². The smallest absolute Gasteiger partial charge is 0.139 e. The minimum Gasteiger partial charge on any atom is -0.303 e. The normalized spacial score (nSPS) is 10.8. The van der Waals surface area contributed by atoms with Gasteiger partial charge in [-0.3, -0.25) is 0 Å². The summed E-state index contributed by atoms with van der Waals surface area (Å²) in [5.41, 5.74) is 1.85.